The lowest BCUT2D eigenvalue weighted by molar-refractivity contribution is 0.595. The molecule has 0 aliphatic carbocycles. The number of anilines is 2. The van der Waals surface area contributed by atoms with Crippen molar-refractivity contribution in [2.24, 2.45) is 0 Å². The van der Waals surface area contributed by atoms with Crippen LogP contribution >= 0.6 is 27.3 Å². The Hall–Kier alpha value is -1.19. The number of nitrogens with one attached hydrogen (secondary N) is 1. The van der Waals surface area contributed by atoms with Crippen molar-refractivity contribution in [1.29, 1.82) is 0 Å². The molecule has 0 bridgehead atoms. The first kappa shape index (κ1) is 13.2. The fourth-order valence-electron chi connectivity index (χ4n) is 1.22. The van der Waals surface area contributed by atoms with E-state index in [0.717, 1.165) is 23.5 Å². The summed E-state index contributed by atoms with van der Waals surface area (Å²) >= 11 is 4.27. The van der Waals surface area contributed by atoms with Crippen LogP contribution in [0.5, 0.6) is 0 Å². The standard InChI is InChI=1S/C9H7BrFN3O2S2/c10-8-4-13-9(17-8)14-18(15,16)7-2-5(11)1-6(12)3-7/h1-4H,12H2,(H,13,14). The van der Waals surface area contributed by atoms with Crippen molar-refractivity contribution in [1.82, 2.24) is 4.98 Å². The van der Waals surface area contributed by atoms with Crippen LogP contribution in [-0.2, 0) is 10.0 Å². The summed E-state index contributed by atoms with van der Waals surface area (Å²) in [5.74, 6) is -0.712. The van der Waals surface area contributed by atoms with Crippen molar-refractivity contribution in [2.45, 2.75) is 4.90 Å². The van der Waals surface area contributed by atoms with Gasteiger partial charge < -0.3 is 5.73 Å². The zero-order valence-corrected chi connectivity index (χ0v) is 11.9. The molecule has 0 atom stereocenters. The first-order chi connectivity index (χ1) is 8.37. The largest absolute Gasteiger partial charge is 0.399 e. The number of halogens is 2. The lowest BCUT2D eigenvalue weighted by Crippen LogP contribution is -2.13. The van der Waals surface area contributed by atoms with E-state index < -0.39 is 15.8 Å². The molecule has 0 amide bonds. The summed E-state index contributed by atoms with van der Waals surface area (Å²) in [6, 6.07) is 3.11. The Morgan fingerprint density at radius 2 is 2.11 bits per heavy atom. The lowest BCUT2D eigenvalue weighted by Gasteiger charge is -2.06. The molecule has 2 aromatic rings. The van der Waals surface area contributed by atoms with Gasteiger partial charge in [-0.05, 0) is 34.1 Å². The molecule has 2 rings (SSSR count). The Labute approximate surface area is 115 Å². The highest BCUT2D eigenvalue weighted by molar-refractivity contribution is 9.11. The first-order valence-corrected chi connectivity index (χ1v) is 7.66. The van der Waals surface area contributed by atoms with Crippen molar-refractivity contribution in [3.05, 3.63) is 34.0 Å². The predicted molar refractivity (Wildman–Crippen MR) is 71.4 cm³/mol. The molecule has 0 saturated carbocycles. The third-order valence-corrected chi connectivity index (χ3v) is 4.74. The van der Waals surface area contributed by atoms with Gasteiger partial charge in [0.15, 0.2) is 5.13 Å². The minimum absolute atomic E-state index is 0.0377. The van der Waals surface area contributed by atoms with E-state index in [-0.39, 0.29) is 15.7 Å². The molecular weight excluding hydrogens is 345 g/mol. The first-order valence-electron chi connectivity index (χ1n) is 4.57. The van der Waals surface area contributed by atoms with E-state index in [1.165, 1.54) is 12.3 Å². The second kappa shape index (κ2) is 4.82. The van der Waals surface area contributed by atoms with Gasteiger partial charge in [-0.25, -0.2) is 17.8 Å². The number of thiazole rings is 1. The van der Waals surface area contributed by atoms with Crippen LogP contribution in [0.3, 0.4) is 0 Å². The van der Waals surface area contributed by atoms with E-state index in [1.54, 1.807) is 0 Å². The van der Waals surface area contributed by atoms with Crippen LogP contribution in [0.1, 0.15) is 0 Å². The fourth-order valence-corrected chi connectivity index (χ4v) is 3.63. The number of aromatic nitrogens is 1. The van der Waals surface area contributed by atoms with Gasteiger partial charge in [0.1, 0.15) is 5.82 Å². The number of nitrogens with zero attached hydrogens (tertiary/aromatic N) is 1. The lowest BCUT2D eigenvalue weighted by atomic mass is 10.3. The Bertz CT molecular complexity index is 667. The molecule has 0 spiro atoms. The minimum Gasteiger partial charge on any atom is -0.399 e. The summed E-state index contributed by atoms with van der Waals surface area (Å²) < 4.78 is 39.9. The predicted octanol–water partition coefficient (Wildman–Crippen LogP) is 2.43. The Morgan fingerprint density at radius 1 is 1.39 bits per heavy atom. The second-order valence-electron chi connectivity index (χ2n) is 3.30. The van der Waals surface area contributed by atoms with Crippen molar-refractivity contribution in [3.63, 3.8) is 0 Å². The Kier molecular flexibility index (Phi) is 3.55. The van der Waals surface area contributed by atoms with Crippen LogP contribution in [0.2, 0.25) is 0 Å². The van der Waals surface area contributed by atoms with Crippen LogP contribution in [-0.4, -0.2) is 13.4 Å². The number of hydrogen-bond acceptors (Lipinski definition) is 5. The average Bonchev–Trinajstić information content (AvgIpc) is 2.61. The van der Waals surface area contributed by atoms with E-state index in [2.05, 4.69) is 25.6 Å². The Morgan fingerprint density at radius 3 is 2.67 bits per heavy atom. The molecule has 18 heavy (non-hydrogen) atoms. The van der Waals surface area contributed by atoms with Gasteiger partial charge >= 0.3 is 0 Å². The van der Waals surface area contributed by atoms with Gasteiger partial charge in [0.05, 0.1) is 14.9 Å². The monoisotopic (exact) mass is 351 g/mol. The number of rotatable bonds is 3. The topological polar surface area (TPSA) is 85.1 Å². The summed E-state index contributed by atoms with van der Waals surface area (Å²) in [4.78, 5) is 3.58. The third-order valence-electron chi connectivity index (χ3n) is 1.90. The highest BCUT2D eigenvalue weighted by Gasteiger charge is 2.17. The van der Waals surface area contributed by atoms with Gasteiger partial charge in [0.25, 0.3) is 10.0 Å². The second-order valence-corrected chi connectivity index (χ2v) is 7.39. The maximum absolute atomic E-state index is 13.1. The molecule has 0 unspecified atom stereocenters. The molecule has 96 valence electrons. The summed E-state index contributed by atoms with van der Waals surface area (Å²) in [7, 11) is -3.89. The molecule has 5 nitrogen and oxygen atoms in total. The molecule has 0 aliphatic rings. The maximum Gasteiger partial charge on any atom is 0.263 e. The summed E-state index contributed by atoms with van der Waals surface area (Å²) in [6.45, 7) is 0. The fraction of sp³-hybridized carbons (Fsp3) is 0. The van der Waals surface area contributed by atoms with Crippen LogP contribution in [0.25, 0.3) is 0 Å². The SMILES string of the molecule is Nc1cc(F)cc(S(=O)(=O)Nc2ncc(Br)s2)c1. The highest BCUT2D eigenvalue weighted by Crippen LogP contribution is 2.26. The highest BCUT2D eigenvalue weighted by atomic mass is 79.9. The average molecular weight is 352 g/mol. The number of benzene rings is 1. The van der Waals surface area contributed by atoms with Gasteiger partial charge in [-0.1, -0.05) is 11.3 Å². The van der Waals surface area contributed by atoms with Gasteiger partial charge in [0.2, 0.25) is 0 Å². The van der Waals surface area contributed by atoms with E-state index in [4.69, 9.17) is 5.73 Å². The van der Waals surface area contributed by atoms with E-state index in [1.807, 2.05) is 0 Å². The summed E-state index contributed by atoms with van der Waals surface area (Å²) in [5.41, 5.74) is 5.44. The molecule has 0 aliphatic heterocycles. The number of hydrogen-bond donors (Lipinski definition) is 2. The molecule has 3 N–H and O–H groups in total. The van der Waals surface area contributed by atoms with Crippen molar-refractivity contribution in [3.8, 4) is 0 Å². The molecular formula is C9H7BrFN3O2S2. The minimum atomic E-state index is -3.89. The van der Waals surface area contributed by atoms with E-state index >= 15 is 0 Å². The van der Waals surface area contributed by atoms with E-state index in [0.29, 0.717) is 3.79 Å². The third kappa shape index (κ3) is 2.98. The van der Waals surface area contributed by atoms with Crippen molar-refractivity contribution < 1.29 is 12.8 Å². The van der Waals surface area contributed by atoms with Crippen LogP contribution in [0.4, 0.5) is 15.2 Å². The molecule has 1 heterocycles. The molecule has 9 heteroatoms. The molecule has 1 aromatic heterocycles. The smallest absolute Gasteiger partial charge is 0.263 e. The van der Waals surface area contributed by atoms with Gasteiger partial charge in [-0.2, -0.15) is 0 Å². The van der Waals surface area contributed by atoms with Gasteiger partial charge in [-0.3, -0.25) is 4.72 Å². The number of nitrogen functional groups attached to an aromatic ring is 1. The Balaban J connectivity index is 2.36. The molecule has 0 radical (unpaired) electrons. The molecule has 0 saturated heterocycles. The van der Waals surface area contributed by atoms with Crippen LogP contribution in [0, 0.1) is 5.82 Å². The summed E-state index contributed by atoms with van der Waals surface area (Å²) in [5, 5.41) is 0.185. The van der Waals surface area contributed by atoms with Crippen LogP contribution < -0.4 is 10.5 Å². The van der Waals surface area contributed by atoms with Crippen LogP contribution in [0.15, 0.2) is 33.1 Å². The molecule has 0 fully saturated rings. The zero-order chi connectivity index (χ0) is 13.3. The normalized spacial score (nSPS) is 11.4. The van der Waals surface area contributed by atoms with Gasteiger partial charge in [0, 0.05) is 5.69 Å². The number of sulfonamides is 1. The molecule has 1 aromatic carbocycles. The van der Waals surface area contributed by atoms with E-state index in [9.17, 15) is 12.8 Å². The van der Waals surface area contributed by atoms with Gasteiger partial charge in [-0.15, -0.1) is 0 Å². The summed E-state index contributed by atoms with van der Waals surface area (Å²) in [6.07, 6.45) is 1.46. The number of nitrogens with two attached hydrogens (primary N) is 1. The zero-order valence-electron chi connectivity index (χ0n) is 8.72. The van der Waals surface area contributed by atoms with Crippen molar-refractivity contribution >= 4 is 48.1 Å². The van der Waals surface area contributed by atoms with Crippen molar-refractivity contribution in [2.75, 3.05) is 10.5 Å². The maximum atomic E-state index is 13.1. The quantitative estimate of drug-likeness (QED) is 0.831.